The number of hydrogen-bond acceptors (Lipinski definition) is 12. The van der Waals surface area contributed by atoms with Crippen molar-refractivity contribution >= 4 is 58.2 Å². The Hall–Kier alpha value is -4.66. The highest BCUT2D eigenvalue weighted by Gasteiger charge is 2.35. The third-order valence-corrected chi connectivity index (χ3v) is 14.0. The second-order valence-electron chi connectivity index (χ2n) is 16.9. The Morgan fingerprint density at radius 2 is 1.51 bits per heavy atom. The number of aryl methyl sites for hydroxylation is 2. The van der Waals surface area contributed by atoms with Crippen molar-refractivity contribution in [2.75, 3.05) is 67.0 Å². The Labute approximate surface area is 397 Å². The van der Waals surface area contributed by atoms with Gasteiger partial charge in [0.05, 0.1) is 37.7 Å². The minimum Gasteiger partial charge on any atom is -0.493 e. The zero-order chi connectivity index (χ0) is 47.5. The van der Waals surface area contributed by atoms with Crippen LogP contribution in [0.15, 0.2) is 81.0 Å². The van der Waals surface area contributed by atoms with Crippen LogP contribution in [0.3, 0.4) is 0 Å². The summed E-state index contributed by atoms with van der Waals surface area (Å²) in [5, 5.41) is 0. The summed E-state index contributed by atoms with van der Waals surface area (Å²) in [5.41, 5.74) is 6.56. The first kappa shape index (κ1) is 53.0. The number of benzene rings is 2. The van der Waals surface area contributed by atoms with Gasteiger partial charge in [-0.1, -0.05) is 66.5 Å². The lowest BCUT2D eigenvalue weighted by Crippen LogP contribution is -2.55. The predicted octanol–water partition coefficient (Wildman–Crippen LogP) is 10.7. The number of hydrogen-bond donors (Lipinski definition) is 0. The van der Waals surface area contributed by atoms with Crippen LogP contribution in [0.1, 0.15) is 84.8 Å². The molecule has 2 aromatic rings. The smallest absolute Gasteiger partial charge is 0.210 e. The van der Waals surface area contributed by atoms with E-state index in [0.29, 0.717) is 54.9 Å². The summed E-state index contributed by atoms with van der Waals surface area (Å²) in [6.07, 6.45) is 20.3. The molecule has 3 unspecified atom stereocenters. The van der Waals surface area contributed by atoms with E-state index in [0.717, 1.165) is 85.2 Å². The minimum absolute atomic E-state index is 0.0105. The Bertz CT molecular complexity index is 2080. The van der Waals surface area contributed by atoms with Crippen LogP contribution in [0.2, 0.25) is 0 Å². The number of nitrogens with zero attached hydrogens (tertiary/aromatic N) is 5. The van der Waals surface area contributed by atoms with Crippen molar-refractivity contribution in [3.63, 3.8) is 0 Å². The van der Waals surface area contributed by atoms with Gasteiger partial charge in [-0.2, -0.15) is 0 Å². The van der Waals surface area contributed by atoms with Gasteiger partial charge in [-0.25, -0.2) is 0 Å². The van der Waals surface area contributed by atoms with Gasteiger partial charge < -0.3 is 38.4 Å². The molecule has 2 amide bonds. The number of amides is 2. The lowest BCUT2D eigenvalue weighted by molar-refractivity contribution is -0.127. The summed E-state index contributed by atoms with van der Waals surface area (Å²) >= 11 is 0. The molecule has 12 nitrogen and oxygen atoms in total. The summed E-state index contributed by atoms with van der Waals surface area (Å²) < 4.78 is 31.1. The van der Waals surface area contributed by atoms with Crippen LogP contribution >= 0.6 is 21.6 Å². The molecule has 2 aliphatic heterocycles. The Kier molecular flexibility index (Phi) is 21.6. The largest absolute Gasteiger partial charge is 0.493 e. The van der Waals surface area contributed by atoms with Crippen molar-refractivity contribution in [3.8, 4) is 23.0 Å². The van der Waals surface area contributed by atoms with Crippen LogP contribution in [0.25, 0.3) is 0 Å². The third-order valence-electron chi connectivity index (χ3n) is 11.4. The molecule has 5 rings (SSSR count). The zero-order valence-corrected chi connectivity index (χ0v) is 42.5. The summed E-state index contributed by atoms with van der Waals surface area (Å²) in [6.45, 7) is 20.0. The molecule has 3 aliphatic rings. The zero-order valence-electron chi connectivity index (χ0n) is 40.8. The Morgan fingerprint density at radius 1 is 0.877 bits per heavy atom. The molecule has 0 bridgehead atoms. The number of ether oxygens (including phenoxy) is 5. The number of aliphatic imine (C=N–C) groups is 2. The van der Waals surface area contributed by atoms with E-state index in [-0.39, 0.29) is 29.5 Å². The van der Waals surface area contributed by atoms with Crippen molar-refractivity contribution in [3.05, 3.63) is 82.2 Å². The van der Waals surface area contributed by atoms with Crippen LogP contribution in [0.5, 0.6) is 23.0 Å². The fraction of sp³-hybridized carbons (Fsp3) is 0.529. The minimum atomic E-state index is -0.0978. The molecule has 356 valence electrons. The van der Waals surface area contributed by atoms with Crippen LogP contribution in [0.4, 0.5) is 11.4 Å². The molecule has 2 heterocycles. The second-order valence-corrected chi connectivity index (χ2v) is 20.0. The first-order chi connectivity index (χ1) is 31.3. The monoisotopic (exact) mass is 931 g/mol. The van der Waals surface area contributed by atoms with Crippen LogP contribution < -0.4 is 18.9 Å². The molecule has 0 spiro atoms. The van der Waals surface area contributed by atoms with Crippen molar-refractivity contribution < 1.29 is 33.3 Å². The Balaban J connectivity index is 0.00000456. The number of likely N-dealkylation sites (N-methyl/N-ethyl adjacent to an activating group) is 1. The van der Waals surface area contributed by atoms with E-state index in [1.807, 2.05) is 93.1 Å². The average Bonchev–Trinajstić information content (AvgIpc) is 3.59. The van der Waals surface area contributed by atoms with Crippen molar-refractivity contribution in [2.24, 2.45) is 9.98 Å². The van der Waals surface area contributed by atoms with Crippen molar-refractivity contribution in [1.29, 1.82) is 0 Å². The first-order valence-electron chi connectivity index (χ1n) is 22.8. The summed E-state index contributed by atoms with van der Waals surface area (Å²) in [5.74, 6) is 3.08. The molecule has 2 fully saturated rings. The lowest BCUT2D eigenvalue weighted by atomic mass is 9.91. The maximum Gasteiger partial charge on any atom is 0.210 e. The van der Waals surface area contributed by atoms with E-state index >= 15 is 0 Å². The van der Waals surface area contributed by atoms with E-state index in [9.17, 15) is 9.59 Å². The van der Waals surface area contributed by atoms with E-state index in [1.54, 1.807) is 29.9 Å². The molecule has 0 saturated carbocycles. The normalized spacial score (nSPS) is 19.3. The number of rotatable bonds is 24. The molecule has 65 heavy (non-hydrogen) atoms. The van der Waals surface area contributed by atoms with Gasteiger partial charge in [0.2, 0.25) is 12.8 Å². The molecule has 0 aromatic heterocycles. The molecule has 2 saturated heterocycles. The van der Waals surface area contributed by atoms with Gasteiger partial charge in [0, 0.05) is 55.0 Å². The van der Waals surface area contributed by atoms with Gasteiger partial charge in [0.1, 0.15) is 25.6 Å². The number of allylic oxidation sites excluding steroid dienone is 3. The average molecular weight is 932 g/mol. The topological polar surface area (TPSA) is 115 Å². The predicted molar refractivity (Wildman–Crippen MR) is 272 cm³/mol. The van der Waals surface area contributed by atoms with Crippen LogP contribution in [-0.4, -0.2) is 130 Å². The molecule has 0 radical (unpaired) electrons. The maximum absolute atomic E-state index is 11.8. The Morgan fingerprint density at radius 3 is 2.08 bits per heavy atom. The van der Waals surface area contributed by atoms with Gasteiger partial charge in [-0.15, -0.1) is 0 Å². The molecule has 3 atom stereocenters. The van der Waals surface area contributed by atoms with E-state index in [1.165, 1.54) is 5.57 Å². The fourth-order valence-electron chi connectivity index (χ4n) is 8.00. The molecular weight excluding hydrogens is 859 g/mol. The van der Waals surface area contributed by atoms with Crippen LogP contribution in [0, 0.1) is 13.8 Å². The molecular formula is C51H73N5O7S2. The first-order valence-corrected chi connectivity index (χ1v) is 25.3. The molecule has 14 heteroatoms. The van der Waals surface area contributed by atoms with Crippen molar-refractivity contribution in [2.45, 2.75) is 110 Å². The van der Waals surface area contributed by atoms with E-state index < -0.39 is 0 Å². The molecule has 1 aliphatic carbocycles. The van der Waals surface area contributed by atoms with E-state index in [4.69, 9.17) is 33.7 Å². The highest BCUT2D eigenvalue weighted by Crippen LogP contribution is 2.38. The fourth-order valence-corrected chi connectivity index (χ4v) is 10.2. The number of likely N-dealkylation sites (tertiary alicyclic amines) is 2. The van der Waals surface area contributed by atoms with Gasteiger partial charge >= 0.3 is 0 Å². The van der Waals surface area contributed by atoms with Crippen molar-refractivity contribution in [1.82, 2.24) is 14.7 Å². The SMILES string of the molecule is C/C=C1\CC(C=Nc2cc(OCC3=CCC(COc4cc(N=CC5CC(CCC)N5C=O)c(C)cc4OC)=CC(OCCN(C)CC(C)(C)SSC)=C3)c(OC)cc2C)N(C=O)C1.CC. The quantitative estimate of drug-likeness (QED) is 0.0436. The lowest BCUT2D eigenvalue weighted by Gasteiger charge is -2.44. The standard InChI is InChI=1S/C49H67N5O7S2.C2H6/c1-11-13-39-23-41(54(39)33-56)27-51-44-25-48(46(58-9)19-35(44)4)61-30-38-15-14-37(21-42(22-38)59-17-16-52(7)31-49(5,6)63-62-10)29-60-47-24-43(34(3)18-45(47)57-8)50-26-40-20-36(12-2)28-53(40)32-55;1-2/h12,14,18-19,21-22,24-27,32-33,39-41H,11,13,15-17,20,23,28-31H2,1-10H3;1-2H3/b36-12+,50-26?,51-27?;. The number of methoxy groups -OCH3 is 2. The number of carbonyl (C=O) groups excluding carboxylic acids is 2. The summed E-state index contributed by atoms with van der Waals surface area (Å²) in [6, 6.07) is 7.83. The highest BCUT2D eigenvalue weighted by molar-refractivity contribution is 8.77. The number of carbonyl (C=O) groups is 2. The van der Waals surface area contributed by atoms with Gasteiger partial charge in [0.25, 0.3) is 0 Å². The summed E-state index contributed by atoms with van der Waals surface area (Å²) in [4.78, 5) is 39.1. The summed E-state index contributed by atoms with van der Waals surface area (Å²) in [7, 11) is 9.05. The van der Waals surface area contributed by atoms with Gasteiger partial charge in [-0.3, -0.25) is 19.6 Å². The molecule has 2 aromatic carbocycles. The maximum atomic E-state index is 11.8. The molecule has 0 N–H and O–H groups in total. The highest BCUT2D eigenvalue weighted by atomic mass is 33.1. The van der Waals surface area contributed by atoms with E-state index in [2.05, 4.69) is 57.2 Å². The third kappa shape index (κ3) is 15.5. The second kappa shape index (κ2) is 26.5. The van der Waals surface area contributed by atoms with Gasteiger partial charge in [-0.05, 0) is 120 Å². The van der Waals surface area contributed by atoms with Gasteiger partial charge in [0.15, 0.2) is 23.0 Å². The van der Waals surface area contributed by atoms with Crippen LogP contribution in [-0.2, 0) is 14.3 Å².